The van der Waals surface area contributed by atoms with Crippen LogP contribution < -0.4 is 16.3 Å². The summed E-state index contributed by atoms with van der Waals surface area (Å²) < 4.78 is 5.14. The lowest BCUT2D eigenvalue weighted by molar-refractivity contribution is 0.0951. The van der Waals surface area contributed by atoms with E-state index < -0.39 is 11.5 Å². The molecule has 2 aromatic heterocycles. The van der Waals surface area contributed by atoms with E-state index in [0.29, 0.717) is 29.9 Å². The minimum atomic E-state index is -0.650. The smallest absolute Gasteiger partial charge is 0.349 e. The Bertz CT molecular complexity index is 877. The molecule has 0 aliphatic rings. The molecule has 0 saturated carbocycles. The van der Waals surface area contributed by atoms with Crippen molar-refractivity contribution >= 4 is 22.7 Å². The number of amides is 1. The van der Waals surface area contributed by atoms with Crippen LogP contribution >= 0.6 is 0 Å². The first-order chi connectivity index (χ1) is 11.2. The third-order valence-electron chi connectivity index (χ3n) is 3.17. The Balaban J connectivity index is 1.62. The summed E-state index contributed by atoms with van der Waals surface area (Å²) in [6.07, 6.45) is 4.73. The third kappa shape index (κ3) is 3.52. The number of para-hydroxylation sites is 1. The van der Waals surface area contributed by atoms with Gasteiger partial charge in [-0.15, -0.1) is 0 Å². The van der Waals surface area contributed by atoms with Crippen molar-refractivity contribution in [2.24, 2.45) is 0 Å². The van der Waals surface area contributed by atoms with Crippen LogP contribution in [0.5, 0.6) is 0 Å². The number of fused-ring (bicyclic) bond motifs is 1. The molecule has 2 heterocycles. The number of benzene rings is 1. The van der Waals surface area contributed by atoms with E-state index in [9.17, 15) is 9.59 Å². The average molecular weight is 310 g/mol. The van der Waals surface area contributed by atoms with Crippen molar-refractivity contribution in [3.05, 3.63) is 64.9 Å². The number of hydrogen-bond donors (Lipinski definition) is 2. The molecule has 0 radical (unpaired) electrons. The fourth-order valence-corrected chi connectivity index (χ4v) is 2.07. The van der Waals surface area contributed by atoms with Crippen molar-refractivity contribution in [1.29, 1.82) is 0 Å². The summed E-state index contributed by atoms with van der Waals surface area (Å²) in [6, 6.07) is 8.58. The molecular formula is C16H14N4O3. The molecule has 7 heteroatoms. The average Bonchev–Trinajstić information content (AvgIpc) is 2.59. The van der Waals surface area contributed by atoms with E-state index in [4.69, 9.17) is 4.42 Å². The van der Waals surface area contributed by atoms with Crippen LogP contribution in [0.3, 0.4) is 0 Å². The number of nitrogens with zero attached hydrogens (tertiary/aromatic N) is 2. The van der Waals surface area contributed by atoms with Crippen LogP contribution in [0.25, 0.3) is 11.0 Å². The zero-order chi connectivity index (χ0) is 16.1. The van der Waals surface area contributed by atoms with Gasteiger partial charge in [0.1, 0.15) is 17.0 Å². The summed E-state index contributed by atoms with van der Waals surface area (Å²) in [7, 11) is 0. The highest BCUT2D eigenvalue weighted by Gasteiger charge is 2.12. The lowest BCUT2D eigenvalue weighted by Gasteiger charge is -2.07. The van der Waals surface area contributed by atoms with Crippen molar-refractivity contribution in [1.82, 2.24) is 15.3 Å². The summed E-state index contributed by atoms with van der Waals surface area (Å²) in [6.45, 7) is 0.797. The van der Waals surface area contributed by atoms with Crippen LogP contribution in [-0.4, -0.2) is 29.0 Å². The Kier molecular flexibility index (Phi) is 4.28. The second-order valence-electron chi connectivity index (χ2n) is 4.76. The Morgan fingerprint density at radius 1 is 1.17 bits per heavy atom. The van der Waals surface area contributed by atoms with Crippen molar-refractivity contribution in [2.45, 2.75) is 0 Å². The highest BCUT2D eigenvalue weighted by atomic mass is 16.4. The molecule has 2 N–H and O–H groups in total. The Morgan fingerprint density at radius 3 is 2.87 bits per heavy atom. The van der Waals surface area contributed by atoms with Crippen LogP contribution in [-0.2, 0) is 0 Å². The van der Waals surface area contributed by atoms with Crippen molar-refractivity contribution in [2.75, 3.05) is 18.4 Å². The van der Waals surface area contributed by atoms with Gasteiger partial charge in [-0.3, -0.25) is 9.78 Å². The fourth-order valence-electron chi connectivity index (χ4n) is 2.07. The lowest BCUT2D eigenvalue weighted by Crippen LogP contribution is -2.32. The van der Waals surface area contributed by atoms with Crippen LogP contribution in [0, 0.1) is 0 Å². The van der Waals surface area contributed by atoms with Gasteiger partial charge in [-0.25, -0.2) is 9.78 Å². The second-order valence-corrected chi connectivity index (χ2v) is 4.76. The maximum atomic E-state index is 12.1. The molecule has 0 unspecified atom stereocenters. The number of nitrogens with one attached hydrogen (secondary N) is 2. The van der Waals surface area contributed by atoms with E-state index >= 15 is 0 Å². The third-order valence-corrected chi connectivity index (χ3v) is 3.17. The van der Waals surface area contributed by atoms with Gasteiger partial charge in [0.05, 0.1) is 6.20 Å². The van der Waals surface area contributed by atoms with Crippen LogP contribution in [0.15, 0.2) is 58.1 Å². The van der Waals surface area contributed by atoms with Gasteiger partial charge < -0.3 is 15.1 Å². The summed E-state index contributed by atoms with van der Waals surface area (Å²) in [4.78, 5) is 31.9. The molecule has 0 atom stereocenters. The van der Waals surface area contributed by atoms with Crippen LogP contribution in [0.1, 0.15) is 10.4 Å². The number of hydrogen-bond acceptors (Lipinski definition) is 6. The van der Waals surface area contributed by atoms with Crippen LogP contribution in [0.4, 0.5) is 5.82 Å². The van der Waals surface area contributed by atoms with Gasteiger partial charge in [0, 0.05) is 30.9 Å². The second kappa shape index (κ2) is 6.69. The maximum absolute atomic E-state index is 12.1. The molecule has 0 aliphatic carbocycles. The van der Waals surface area contributed by atoms with E-state index in [-0.39, 0.29) is 5.56 Å². The van der Waals surface area contributed by atoms with Gasteiger partial charge in [-0.2, -0.15) is 0 Å². The van der Waals surface area contributed by atoms with Gasteiger partial charge in [0.2, 0.25) is 0 Å². The molecular weight excluding hydrogens is 296 g/mol. The molecule has 0 bridgehead atoms. The molecule has 0 saturated heterocycles. The topological polar surface area (TPSA) is 97.1 Å². The molecule has 1 amide bonds. The first kappa shape index (κ1) is 14.7. The van der Waals surface area contributed by atoms with Gasteiger partial charge in [0.25, 0.3) is 5.91 Å². The minimum Gasteiger partial charge on any atom is -0.422 e. The predicted octanol–water partition coefficient (Wildman–Crippen LogP) is 1.42. The SMILES string of the molecule is O=C(NCCNc1cnccn1)c1cc2ccccc2oc1=O. The number of carbonyl (C=O) groups excluding carboxylic acids is 1. The summed E-state index contributed by atoms with van der Waals surface area (Å²) >= 11 is 0. The number of anilines is 1. The lowest BCUT2D eigenvalue weighted by atomic mass is 10.2. The number of aromatic nitrogens is 2. The van der Waals surface area contributed by atoms with Crippen molar-refractivity contribution in [3.8, 4) is 0 Å². The van der Waals surface area contributed by atoms with E-state index in [1.807, 2.05) is 6.07 Å². The van der Waals surface area contributed by atoms with E-state index in [1.54, 1.807) is 36.8 Å². The largest absolute Gasteiger partial charge is 0.422 e. The number of carbonyl (C=O) groups is 1. The Hall–Kier alpha value is -3.22. The summed E-state index contributed by atoms with van der Waals surface area (Å²) in [5.74, 6) is 0.150. The predicted molar refractivity (Wildman–Crippen MR) is 85.3 cm³/mol. The molecule has 7 nitrogen and oxygen atoms in total. The maximum Gasteiger partial charge on any atom is 0.349 e. The Labute approximate surface area is 131 Å². The monoisotopic (exact) mass is 310 g/mol. The molecule has 3 aromatic rings. The molecule has 0 fully saturated rings. The summed E-state index contributed by atoms with van der Waals surface area (Å²) in [5, 5.41) is 6.37. The van der Waals surface area contributed by atoms with E-state index in [0.717, 1.165) is 0 Å². The Morgan fingerprint density at radius 2 is 2.04 bits per heavy atom. The van der Waals surface area contributed by atoms with Gasteiger partial charge in [0.15, 0.2) is 0 Å². The first-order valence-corrected chi connectivity index (χ1v) is 7.05. The zero-order valence-electron chi connectivity index (χ0n) is 12.2. The minimum absolute atomic E-state index is 0.0109. The summed E-state index contributed by atoms with van der Waals surface area (Å²) in [5.41, 5.74) is -0.204. The van der Waals surface area contributed by atoms with Crippen molar-refractivity contribution in [3.63, 3.8) is 0 Å². The number of rotatable bonds is 5. The van der Waals surface area contributed by atoms with Crippen LogP contribution in [0.2, 0.25) is 0 Å². The highest BCUT2D eigenvalue weighted by Crippen LogP contribution is 2.12. The first-order valence-electron chi connectivity index (χ1n) is 7.05. The molecule has 3 rings (SSSR count). The molecule has 0 spiro atoms. The standard InChI is InChI=1S/C16H14N4O3/c21-15(20-8-7-19-14-10-17-5-6-18-14)12-9-11-3-1-2-4-13(11)23-16(12)22/h1-6,9-10H,7-8H2,(H,18,19)(H,20,21). The molecule has 116 valence electrons. The molecule has 1 aromatic carbocycles. The van der Waals surface area contributed by atoms with E-state index in [1.165, 1.54) is 6.07 Å². The molecule has 0 aliphatic heterocycles. The zero-order valence-corrected chi connectivity index (χ0v) is 12.2. The normalized spacial score (nSPS) is 10.4. The van der Waals surface area contributed by atoms with Gasteiger partial charge in [-0.05, 0) is 12.1 Å². The quantitative estimate of drug-likeness (QED) is 0.546. The van der Waals surface area contributed by atoms with Gasteiger partial charge in [-0.1, -0.05) is 18.2 Å². The highest BCUT2D eigenvalue weighted by molar-refractivity contribution is 5.96. The van der Waals surface area contributed by atoms with Crippen molar-refractivity contribution < 1.29 is 9.21 Å². The van der Waals surface area contributed by atoms with E-state index in [2.05, 4.69) is 20.6 Å². The molecule has 23 heavy (non-hydrogen) atoms. The van der Waals surface area contributed by atoms with Gasteiger partial charge >= 0.3 is 5.63 Å². The fraction of sp³-hybridized carbons (Fsp3) is 0.125.